The van der Waals surface area contributed by atoms with Gasteiger partial charge in [-0.25, -0.2) is 9.67 Å². The first-order valence-corrected chi connectivity index (χ1v) is 9.85. The van der Waals surface area contributed by atoms with Gasteiger partial charge in [0, 0.05) is 23.6 Å². The molecule has 30 heavy (non-hydrogen) atoms. The van der Waals surface area contributed by atoms with Crippen LogP contribution in [0.5, 0.6) is 0 Å². The van der Waals surface area contributed by atoms with Crippen molar-refractivity contribution in [3.8, 4) is 5.69 Å². The Morgan fingerprint density at radius 3 is 2.50 bits per heavy atom. The largest absolute Gasteiger partial charge is 0.340 e. The van der Waals surface area contributed by atoms with E-state index >= 15 is 0 Å². The van der Waals surface area contributed by atoms with Crippen molar-refractivity contribution in [3.63, 3.8) is 0 Å². The third-order valence-corrected chi connectivity index (χ3v) is 5.07. The minimum atomic E-state index is -0.324. The van der Waals surface area contributed by atoms with Gasteiger partial charge in [-0.05, 0) is 35.9 Å². The Kier molecular flexibility index (Phi) is 5.57. The molecular formula is C21H17Cl2N5O2. The van der Waals surface area contributed by atoms with Crippen LogP contribution in [-0.2, 0) is 17.9 Å². The van der Waals surface area contributed by atoms with E-state index in [1.165, 1.54) is 22.0 Å². The average Bonchev–Trinajstić information content (AvgIpc) is 3.14. The Hall–Kier alpha value is -3.16. The number of carbonyl (C=O) groups excluding carboxylic acids is 1. The van der Waals surface area contributed by atoms with Crippen molar-refractivity contribution in [2.24, 2.45) is 0 Å². The van der Waals surface area contributed by atoms with Gasteiger partial charge in [0.15, 0.2) is 5.65 Å². The van der Waals surface area contributed by atoms with Gasteiger partial charge in [0.2, 0.25) is 5.91 Å². The molecular weight excluding hydrogens is 425 g/mol. The number of likely N-dealkylation sites (N-methyl/N-ethyl adjacent to an activating group) is 1. The zero-order valence-corrected chi connectivity index (χ0v) is 17.5. The van der Waals surface area contributed by atoms with Gasteiger partial charge < -0.3 is 4.90 Å². The fourth-order valence-corrected chi connectivity index (χ4v) is 3.72. The third kappa shape index (κ3) is 4.08. The highest BCUT2D eigenvalue weighted by Gasteiger charge is 2.15. The van der Waals surface area contributed by atoms with Gasteiger partial charge in [0.05, 0.1) is 11.9 Å². The van der Waals surface area contributed by atoms with E-state index in [9.17, 15) is 9.59 Å². The number of nitrogens with zero attached hydrogens (tertiary/aromatic N) is 5. The van der Waals surface area contributed by atoms with Gasteiger partial charge in [-0.1, -0.05) is 41.4 Å². The lowest BCUT2D eigenvalue weighted by molar-refractivity contribution is -0.131. The molecule has 9 heteroatoms. The van der Waals surface area contributed by atoms with E-state index in [0.29, 0.717) is 27.6 Å². The molecule has 2 aromatic carbocycles. The Morgan fingerprint density at radius 1 is 1.10 bits per heavy atom. The SMILES string of the molecule is CN(Cc1cc(Cl)cc(Cl)c1)C(=O)Cn1cnc2c(cnn2-c2ccccc2)c1=O. The van der Waals surface area contributed by atoms with Crippen molar-refractivity contribution in [2.75, 3.05) is 7.05 Å². The average molecular weight is 442 g/mol. The number of amides is 1. The standard InChI is InChI=1S/C21H17Cl2N5O2/c1-26(11-14-7-15(22)9-16(23)8-14)19(29)12-27-13-24-20-18(21(27)30)10-25-28(20)17-5-3-2-4-6-17/h2-10,13H,11-12H2,1H3. The summed E-state index contributed by atoms with van der Waals surface area (Å²) >= 11 is 12.0. The smallest absolute Gasteiger partial charge is 0.264 e. The van der Waals surface area contributed by atoms with E-state index in [2.05, 4.69) is 10.1 Å². The molecule has 0 spiro atoms. The molecule has 0 unspecified atom stereocenters. The zero-order chi connectivity index (χ0) is 21.3. The van der Waals surface area contributed by atoms with Crippen molar-refractivity contribution in [1.82, 2.24) is 24.2 Å². The topological polar surface area (TPSA) is 73.0 Å². The predicted molar refractivity (Wildman–Crippen MR) is 116 cm³/mol. The summed E-state index contributed by atoms with van der Waals surface area (Å²) in [5, 5.41) is 5.62. The lowest BCUT2D eigenvalue weighted by Gasteiger charge is -2.18. The van der Waals surface area contributed by atoms with Crippen LogP contribution < -0.4 is 5.56 Å². The molecule has 0 aliphatic heterocycles. The number of rotatable bonds is 5. The Bertz CT molecular complexity index is 1260. The molecule has 1 amide bonds. The summed E-state index contributed by atoms with van der Waals surface area (Å²) in [4.78, 5) is 31.4. The van der Waals surface area contributed by atoms with Crippen molar-refractivity contribution >= 4 is 40.1 Å². The van der Waals surface area contributed by atoms with Gasteiger partial charge in [-0.2, -0.15) is 5.10 Å². The number of halogens is 2. The Balaban J connectivity index is 1.55. The molecule has 7 nitrogen and oxygen atoms in total. The van der Waals surface area contributed by atoms with Crippen molar-refractivity contribution in [2.45, 2.75) is 13.1 Å². The minimum absolute atomic E-state index is 0.136. The second-order valence-electron chi connectivity index (χ2n) is 6.83. The van der Waals surface area contributed by atoms with Crippen LogP contribution in [0.1, 0.15) is 5.56 Å². The summed E-state index contributed by atoms with van der Waals surface area (Å²) < 4.78 is 2.88. The number of benzene rings is 2. The third-order valence-electron chi connectivity index (χ3n) is 4.63. The second-order valence-corrected chi connectivity index (χ2v) is 7.71. The summed E-state index contributed by atoms with van der Waals surface area (Å²) in [5.74, 6) is -0.246. The molecule has 0 bridgehead atoms. The summed E-state index contributed by atoms with van der Waals surface area (Å²) in [6.07, 6.45) is 2.84. The van der Waals surface area contributed by atoms with Gasteiger partial charge in [-0.15, -0.1) is 0 Å². The molecule has 152 valence electrons. The number of para-hydroxylation sites is 1. The number of hydrogen-bond acceptors (Lipinski definition) is 4. The van der Waals surface area contributed by atoms with E-state index in [1.54, 1.807) is 29.9 Å². The van der Waals surface area contributed by atoms with Crippen LogP contribution in [-0.4, -0.2) is 37.2 Å². The summed E-state index contributed by atoms with van der Waals surface area (Å²) in [5.41, 5.74) is 1.72. The van der Waals surface area contributed by atoms with Crippen LogP contribution in [0.2, 0.25) is 10.0 Å². The fourth-order valence-electron chi connectivity index (χ4n) is 3.15. The van der Waals surface area contributed by atoms with E-state index in [1.807, 2.05) is 30.3 Å². The van der Waals surface area contributed by atoms with Crippen LogP contribution in [0.15, 0.2) is 65.8 Å². The van der Waals surface area contributed by atoms with E-state index < -0.39 is 0 Å². The quantitative estimate of drug-likeness (QED) is 0.474. The number of fused-ring (bicyclic) bond motifs is 1. The van der Waals surface area contributed by atoms with Crippen LogP contribution in [0.25, 0.3) is 16.7 Å². The lowest BCUT2D eigenvalue weighted by Crippen LogP contribution is -2.33. The van der Waals surface area contributed by atoms with Crippen LogP contribution in [0, 0.1) is 0 Å². The van der Waals surface area contributed by atoms with Crippen molar-refractivity contribution in [1.29, 1.82) is 0 Å². The van der Waals surface area contributed by atoms with Gasteiger partial charge in [0.25, 0.3) is 5.56 Å². The maximum atomic E-state index is 12.8. The molecule has 0 fully saturated rings. The molecule has 0 aliphatic carbocycles. The Labute approximate surface area is 182 Å². The first-order chi connectivity index (χ1) is 14.4. The van der Waals surface area contributed by atoms with Gasteiger partial charge in [0.1, 0.15) is 18.3 Å². The molecule has 2 aromatic heterocycles. The van der Waals surface area contributed by atoms with E-state index in [-0.39, 0.29) is 18.0 Å². The first-order valence-electron chi connectivity index (χ1n) is 9.10. The van der Waals surface area contributed by atoms with E-state index in [0.717, 1.165) is 11.3 Å². The molecule has 4 rings (SSSR count). The zero-order valence-electron chi connectivity index (χ0n) is 16.0. The molecule has 0 radical (unpaired) electrons. The van der Waals surface area contributed by atoms with Crippen molar-refractivity contribution < 1.29 is 4.79 Å². The van der Waals surface area contributed by atoms with Gasteiger partial charge >= 0.3 is 0 Å². The maximum Gasteiger partial charge on any atom is 0.264 e. The molecule has 0 aliphatic rings. The first kappa shape index (κ1) is 20.1. The fraction of sp³-hybridized carbons (Fsp3) is 0.143. The number of hydrogen-bond donors (Lipinski definition) is 0. The normalized spacial score (nSPS) is 11.0. The highest BCUT2D eigenvalue weighted by Crippen LogP contribution is 2.20. The molecule has 2 heterocycles. The summed E-state index contributed by atoms with van der Waals surface area (Å²) in [6, 6.07) is 14.5. The molecule has 0 atom stereocenters. The highest BCUT2D eigenvalue weighted by atomic mass is 35.5. The van der Waals surface area contributed by atoms with E-state index in [4.69, 9.17) is 23.2 Å². The molecule has 4 aromatic rings. The highest BCUT2D eigenvalue weighted by molar-refractivity contribution is 6.34. The summed E-state index contributed by atoms with van der Waals surface area (Å²) in [6.45, 7) is 0.179. The maximum absolute atomic E-state index is 12.8. The lowest BCUT2D eigenvalue weighted by atomic mass is 10.2. The van der Waals surface area contributed by atoms with Gasteiger partial charge in [-0.3, -0.25) is 14.2 Å². The van der Waals surface area contributed by atoms with Crippen LogP contribution in [0.4, 0.5) is 0 Å². The van der Waals surface area contributed by atoms with Crippen molar-refractivity contribution in [3.05, 3.63) is 87.0 Å². The number of aromatic nitrogens is 4. The molecule has 0 saturated heterocycles. The second kappa shape index (κ2) is 8.30. The summed E-state index contributed by atoms with van der Waals surface area (Å²) in [7, 11) is 1.65. The Morgan fingerprint density at radius 2 is 1.80 bits per heavy atom. The number of carbonyl (C=O) groups is 1. The van der Waals surface area contributed by atoms with Crippen LogP contribution >= 0.6 is 23.2 Å². The van der Waals surface area contributed by atoms with Crippen LogP contribution in [0.3, 0.4) is 0 Å². The molecule has 0 saturated carbocycles. The monoisotopic (exact) mass is 441 g/mol. The molecule has 0 N–H and O–H groups in total. The minimum Gasteiger partial charge on any atom is -0.340 e. The predicted octanol–water partition coefficient (Wildman–Crippen LogP) is 3.55.